The first-order chi connectivity index (χ1) is 6.93. The molecule has 0 saturated carbocycles. The molecule has 0 aromatic heterocycles. The minimum absolute atomic E-state index is 0.0938. The Morgan fingerprint density at radius 1 is 1.06 bits per heavy atom. The lowest BCUT2D eigenvalue weighted by Gasteiger charge is -2.49. The minimum Gasteiger partial charge on any atom is -0.366 e. The van der Waals surface area contributed by atoms with Crippen LogP contribution in [0.3, 0.4) is 0 Å². The van der Waals surface area contributed by atoms with Crippen molar-refractivity contribution in [1.29, 1.82) is 5.41 Å². The average molecular weight is 226 g/mol. The quantitative estimate of drug-likeness (QED) is 0.509. The smallest absolute Gasteiger partial charge is 0.101 e. The summed E-state index contributed by atoms with van der Waals surface area (Å²) in [6, 6.07) is 0. The van der Waals surface area contributed by atoms with E-state index in [9.17, 15) is 0 Å². The van der Waals surface area contributed by atoms with Crippen LogP contribution in [-0.2, 0) is 4.74 Å². The van der Waals surface area contributed by atoms with E-state index in [1.807, 2.05) is 0 Å². The maximum Gasteiger partial charge on any atom is 0.101 e. The van der Waals surface area contributed by atoms with Crippen LogP contribution in [0.5, 0.6) is 0 Å². The summed E-state index contributed by atoms with van der Waals surface area (Å²) in [6.45, 7) is 16.2. The van der Waals surface area contributed by atoms with E-state index in [1.165, 1.54) is 0 Å². The molecule has 1 saturated heterocycles. The van der Waals surface area contributed by atoms with Crippen LogP contribution in [0.2, 0.25) is 0 Å². The van der Waals surface area contributed by atoms with Gasteiger partial charge in [-0.15, -0.1) is 0 Å². The number of nitrogens with one attached hydrogen (secondary N) is 1. The number of morpholine rings is 1. The van der Waals surface area contributed by atoms with Crippen molar-refractivity contribution < 1.29 is 4.74 Å². The highest BCUT2D eigenvalue weighted by atomic mass is 16.5. The van der Waals surface area contributed by atoms with Gasteiger partial charge in [-0.25, -0.2) is 0 Å². The van der Waals surface area contributed by atoms with Crippen LogP contribution < -0.4 is 0 Å². The Labute approximate surface area is 99.7 Å². The van der Waals surface area contributed by atoms with Gasteiger partial charge < -0.3 is 9.64 Å². The molecule has 1 rings (SSSR count). The number of amidine groups is 1. The van der Waals surface area contributed by atoms with Gasteiger partial charge in [0.1, 0.15) is 5.84 Å². The zero-order chi connectivity index (χ0) is 12.8. The van der Waals surface area contributed by atoms with Gasteiger partial charge >= 0.3 is 0 Å². The highest BCUT2D eigenvalue weighted by molar-refractivity contribution is 5.84. The largest absolute Gasteiger partial charge is 0.366 e. The molecule has 3 nitrogen and oxygen atoms in total. The Balaban J connectivity index is 2.87. The fraction of sp³-hybridized carbons (Fsp3) is 0.923. The summed E-state index contributed by atoms with van der Waals surface area (Å²) in [5.41, 5.74) is -0.456. The van der Waals surface area contributed by atoms with Crippen LogP contribution in [-0.4, -0.2) is 35.0 Å². The van der Waals surface area contributed by atoms with Gasteiger partial charge in [-0.2, -0.15) is 0 Å². The van der Waals surface area contributed by atoms with E-state index < -0.39 is 0 Å². The van der Waals surface area contributed by atoms with Gasteiger partial charge in [0.15, 0.2) is 0 Å². The lowest BCUT2D eigenvalue weighted by atomic mass is 9.90. The number of hydrogen-bond donors (Lipinski definition) is 1. The molecule has 1 N–H and O–H groups in total. The summed E-state index contributed by atoms with van der Waals surface area (Å²) < 4.78 is 6.02. The predicted molar refractivity (Wildman–Crippen MR) is 68.0 cm³/mol. The van der Waals surface area contributed by atoms with Gasteiger partial charge in [0.25, 0.3) is 0 Å². The second-order valence-corrected chi connectivity index (χ2v) is 7.08. The van der Waals surface area contributed by atoms with E-state index in [0.717, 1.165) is 13.1 Å². The lowest BCUT2D eigenvalue weighted by molar-refractivity contribution is -0.168. The molecule has 0 aromatic rings. The van der Waals surface area contributed by atoms with E-state index in [1.54, 1.807) is 0 Å². The molecule has 1 heterocycles. The summed E-state index contributed by atoms with van der Waals surface area (Å²) in [4.78, 5) is 2.16. The molecule has 0 unspecified atom stereocenters. The van der Waals surface area contributed by atoms with Crippen molar-refractivity contribution in [1.82, 2.24) is 4.90 Å². The van der Waals surface area contributed by atoms with E-state index in [4.69, 9.17) is 10.1 Å². The Morgan fingerprint density at radius 3 is 1.75 bits per heavy atom. The summed E-state index contributed by atoms with van der Waals surface area (Å²) in [6.07, 6.45) is 0. The Hall–Kier alpha value is -0.570. The van der Waals surface area contributed by atoms with Gasteiger partial charge in [0, 0.05) is 18.5 Å². The third kappa shape index (κ3) is 3.21. The van der Waals surface area contributed by atoms with Crippen molar-refractivity contribution in [3.8, 4) is 0 Å². The molecule has 0 spiro atoms. The normalized spacial score (nSPS) is 24.3. The molecule has 1 aliphatic heterocycles. The maximum absolute atomic E-state index is 8.26. The minimum atomic E-state index is -0.181. The molecular weight excluding hydrogens is 200 g/mol. The summed E-state index contributed by atoms with van der Waals surface area (Å²) in [5.74, 6) is 0.706. The molecule has 0 radical (unpaired) electrons. The van der Waals surface area contributed by atoms with Crippen molar-refractivity contribution in [3.05, 3.63) is 0 Å². The van der Waals surface area contributed by atoms with Crippen LogP contribution in [0.25, 0.3) is 0 Å². The van der Waals surface area contributed by atoms with Crippen molar-refractivity contribution in [2.24, 2.45) is 5.41 Å². The third-order valence-corrected chi connectivity index (χ3v) is 2.72. The van der Waals surface area contributed by atoms with Gasteiger partial charge in [-0.05, 0) is 27.7 Å². The van der Waals surface area contributed by atoms with Crippen molar-refractivity contribution >= 4 is 5.84 Å². The molecule has 3 heteroatoms. The second kappa shape index (κ2) is 3.73. The van der Waals surface area contributed by atoms with E-state index in [2.05, 4.69) is 53.4 Å². The topological polar surface area (TPSA) is 36.3 Å². The fourth-order valence-corrected chi connectivity index (χ4v) is 2.42. The predicted octanol–water partition coefficient (Wildman–Crippen LogP) is 2.90. The van der Waals surface area contributed by atoms with Crippen molar-refractivity contribution in [3.63, 3.8) is 0 Å². The van der Waals surface area contributed by atoms with Gasteiger partial charge in [0.2, 0.25) is 0 Å². The van der Waals surface area contributed by atoms with Crippen LogP contribution >= 0.6 is 0 Å². The zero-order valence-corrected chi connectivity index (χ0v) is 11.8. The summed E-state index contributed by atoms with van der Waals surface area (Å²) >= 11 is 0. The van der Waals surface area contributed by atoms with Crippen LogP contribution in [0, 0.1) is 10.8 Å². The average Bonchev–Trinajstić information content (AvgIpc) is 1.94. The van der Waals surface area contributed by atoms with E-state index in [-0.39, 0.29) is 16.6 Å². The molecule has 94 valence electrons. The second-order valence-electron chi connectivity index (χ2n) is 7.08. The highest BCUT2D eigenvalue weighted by Crippen LogP contribution is 2.30. The number of rotatable bonds is 0. The van der Waals surface area contributed by atoms with E-state index in [0.29, 0.717) is 5.84 Å². The van der Waals surface area contributed by atoms with Crippen molar-refractivity contribution in [2.45, 2.75) is 59.7 Å². The molecule has 16 heavy (non-hydrogen) atoms. The first kappa shape index (κ1) is 13.5. The lowest BCUT2D eigenvalue weighted by Crippen LogP contribution is -2.60. The Morgan fingerprint density at radius 2 is 1.44 bits per heavy atom. The molecular formula is C13H26N2O. The van der Waals surface area contributed by atoms with Gasteiger partial charge in [0.05, 0.1) is 11.2 Å². The molecule has 0 bridgehead atoms. The fourth-order valence-electron chi connectivity index (χ4n) is 2.42. The van der Waals surface area contributed by atoms with Crippen LogP contribution in [0.15, 0.2) is 0 Å². The standard InChI is InChI=1S/C13H26N2O/c1-11(2,3)10(14)15-8-12(4,5)16-13(6,7)9-15/h14H,8-9H2,1-7H3. The van der Waals surface area contributed by atoms with Gasteiger partial charge in [-0.3, -0.25) is 5.41 Å². The molecule has 0 atom stereocenters. The molecule has 1 fully saturated rings. The molecule has 0 aliphatic carbocycles. The van der Waals surface area contributed by atoms with Crippen LogP contribution in [0.4, 0.5) is 0 Å². The Kier molecular flexibility index (Phi) is 3.14. The van der Waals surface area contributed by atoms with Crippen molar-refractivity contribution in [2.75, 3.05) is 13.1 Å². The van der Waals surface area contributed by atoms with E-state index >= 15 is 0 Å². The number of hydrogen-bond acceptors (Lipinski definition) is 2. The van der Waals surface area contributed by atoms with Gasteiger partial charge in [-0.1, -0.05) is 20.8 Å². The zero-order valence-electron chi connectivity index (χ0n) is 11.8. The highest BCUT2D eigenvalue weighted by Gasteiger charge is 2.40. The molecule has 0 aromatic carbocycles. The van der Waals surface area contributed by atoms with Crippen LogP contribution in [0.1, 0.15) is 48.5 Å². The summed E-state index contributed by atoms with van der Waals surface area (Å²) in [7, 11) is 0. The number of ether oxygens (including phenoxy) is 1. The molecule has 1 aliphatic rings. The first-order valence-electron chi connectivity index (χ1n) is 5.97. The summed E-state index contributed by atoms with van der Waals surface area (Å²) in [5, 5.41) is 8.26. The first-order valence-corrected chi connectivity index (χ1v) is 5.97. The Bertz CT molecular complexity index is 271. The molecule has 0 amide bonds. The third-order valence-electron chi connectivity index (χ3n) is 2.72. The maximum atomic E-state index is 8.26. The SMILES string of the molecule is CC1(C)CN(C(=N)C(C)(C)C)CC(C)(C)O1. The number of nitrogens with zero attached hydrogens (tertiary/aromatic N) is 1. The monoisotopic (exact) mass is 226 g/mol.